The molecule has 5 heteroatoms. The van der Waals surface area contributed by atoms with Crippen LogP contribution in [-0.4, -0.2) is 46.6 Å². The fourth-order valence-corrected chi connectivity index (χ4v) is 3.87. The minimum absolute atomic E-state index is 0.157. The van der Waals surface area contributed by atoms with Gasteiger partial charge in [-0.05, 0) is 24.7 Å². The van der Waals surface area contributed by atoms with Crippen LogP contribution in [0.15, 0.2) is 18.2 Å². The molecule has 2 atom stereocenters. The van der Waals surface area contributed by atoms with Crippen LogP contribution < -0.4 is 4.74 Å². The van der Waals surface area contributed by atoms with Crippen molar-refractivity contribution in [2.45, 2.75) is 25.0 Å². The van der Waals surface area contributed by atoms with Gasteiger partial charge in [-0.3, -0.25) is 4.90 Å². The van der Waals surface area contributed by atoms with Gasteiger partial charge in [0, 0.05) is 31.0 Å². The minimum Gasteiger partial charge on any atom is -0.473 e. The van der Waals surface area contributed by atoms with Crippen molar-refractivity contribution in [3.05, 3.63) is 24.1 Å². The van der Waals surface area contributed by atoms with Crippen LogP contribution in [0.1, 0.15) is 12.8 Å². The molecule has 0 aliphatic carbocycles. The molecule has 3 rings (SSSR count). The second-order valence-electron chi connectivity index (χ2n) is 4.84. The number of aromatic nitrogens is 1. The van der Waals surface area contributed by atoms with E-state index in [9.17, 15) is 4.39 Å². The Kier molecular flexibility index (Phi) is 3.70. The van der Waals surface area contributed by atoms with E-state index in [2.05, 4.69) is 9.88 Å². The Bertz CT molecular complexity index is 412. The fraction of sp³-hybridized carbons (Fsp3) is 0.615. The Morgan fingerprint density at radius 2 is 2.33 bits per heavy atom. The number of hydrogen-bond acceptors (Lipinski definition) is 4. The van der Waals surface area contributed by atoms with E-state index in [1.54, 1.807) is 12.1 Å². The van der Waals surface area contributed by atoms with Crippen molar-refractivity contribution in [2.75, 3.05) is 24.6 Å². The number of nitrogens with zero attached hydrogens (tertiary/aromatic N) is 2. The van der Waals surface area contributed by atoms with Gasteiger partial charge in [0.05, 0.1) is 0 Å². The molecule has 18 heavy (non-hydrogen) atoms. The summed E-state index contributed by atoms with van der Waals surface area (Å²) in [5.41, 5.74) is 0. The first kappa shape index (κ1) is 12.2. The van der Waals surface area contributed by atoms with Gasteiger partial charge in [-0.15, -0.1) is 0 Å². The normalized spacial score (nSPS) is 28.7. The number of pyridine rings is 1. The highest BCUT2D eigenvalue weighted by Crippen LogP contribution is 2.26. The molecule has 98 valence electrons. The lowest BCUT2D eigenvalue weighted by atomic mass is 10.2. The number of thioether (sulfide) groups is 1. The molecule has 0 aromatic carbocycles. The van der Waals surface area contributed by atoms with E-state index in [0.717, 1.165) is 19.5 Å². The molecule has 0 radical (unpaired) electrons. The summed E-state index contributed by atoms with van der Waals surface area (Å²) in [5, 5.41) is 0. The van der Waals surface area contributed by atoms with Crippen LogP contribution in [-0.2, 0) is 0 Å². The minimum atomic E-state index is -0.477. The summed E-state index contributed by atoms with van der Waals surface area (Å²) < 4.78 is 18.7. The Balaban J connectivity index is 1.55. The molecule has 0 N–H and O–H groups in total. The maximum absolute atomic E-state index is 13.0. The molecule has 2 aliphatic rings. The number of ether oxygens (including phenoxy) is 1. The Morgan fingerprint density at radius 3 is 3.11 bits per heavy atom. The molecule has 2 fully saturated rings. The van der Waals surface area contributed by atoms with Crippen LogP contribution in [0.25, 0.3) is 0 Å². The van der Waals surface area contributed by atoms with E-state index >= 15 is 0 Å². The second kappa shape index (κ2) is 5.45. The highest BCUT2D eigenvalue weighted by atomic mass is 32.2. The van der Waals surface area contributed by atoms with Gasteiger partial charge >= 0.3 is 0 Å². The number of hydrogen-bond donors (Lipinski definition) is 0. The summed E-state index contributed by atoms with van der Waals surface area (Å²) in [6.07, 6.45) is 2.46. The van der Waals surface area contributed by atoms with Gasteiger partial charge < -0.3 is 4.74 Å². The van der Waals surface area contributed by atoms with Crippen molar-refractivity contribution in [2.24, 2.45) is 0 Å². The Labute approximate surface area is 111 Å². The zero-order valence-corrected chi connectivity index (χ0v) is 11.0. The van der Waals surface area contributed by atoms with Gasteiger partial charge in [-0.2, -0.15) is 21.1 Å². The lowest BCUT2D eigenvalue weighted by Gasteiger charge is -2.22. The summed E-state index contributed by atoms with van der Waals surface area (Å²) in [6.45, 7) is 2.04. The standard InChI is InChI=1S/C13H17FN2OS/c14-12-2-1-3-13(15-12)17-11-4-6-16(8-11)10-5-7-18-9-10/h1-3,10-11H,4-9H2. The molecular weight excluding hydrogens is 251 g/mol. The second-order valence-corrected chi connectivity index (χ2v) is 5.99. The molecule has 2 saturated heterocycles. The average Bonchev–Trinajstić information content (AvgIpc) is 2.98. The molecule has 3 nitrogen and oxygen atoms in total. The lowest BCUT2D eigenvalue weighted by Crippen LogP contribution is -2.34. The smallest absolute Gasteiger partial charge is 0.216 e. The first-order valence-electron chi connectivity index (χ1n) is 6.42. The van der Waals surface area contributed by atoms with Crippen LogP contribution in [0.5, 0.6) is 5.88 Å². The van der Waals surface area contributed by atoms with Crippen LogP contribution in [0.2, 0.25) is 0 Å². The predicted octanol–water partition coefficient (Wildman–Crippen LogP) is 2.18. The fourth-order valence-electron chi connectivity index (χ4n) is 2.62. The van der Waals surface area contributed by atoms with Crippen LogP contribution in [0.4, 0.5) is 4.39 Å². The maximum Gasteiger partial charge on any atom is 0.216 e. The van der Waals surface area contributed by atoms with Gasteiger partial charge in [-0.25, -0.2) is 0 Å². The average molecular weight is 268 g/mol. The number of halogens is 1. The van der Waals surface area contributed by atoms with Crippen molar-refractivity contribution < 1.29 is 9.13 Å². The van der Waals surface area contributed by atoms with Crippen LogP contribution >= 0.6 is 11.8 Å². The van der Waals surface area contributed by atoms with Crippen molar-refractivity contribution >= 4 is 11.8 Å². The molecule has 1 aromatic rings. The third-order valence-electron chi connectivity index (χ3n) is 3.58. The summed E-state index contributed by atoms with van der Waals surface area (Å²) in [6, 6.07) is 5.41. The van der Waals surface area contributed by atoms with E-state index in [1.165, 1.54) is 24.0 Å². The summed E-state index contributed by atoms with van der Waals surface area (Å²) in [4.78, 5) is 6.25. The SMILES string of the molecule is Fc1cccc(OC2CCN(C3CCSC3)C2)n1. The van der Waals surface area contributed by atoms with Crippen molar-refractivity contribution in [3.63, 3.8) is 0 Å². The zero-order valence-electron chi connectivity index (χ0n) is 10.2. The molecule has 2 unspecified atom stereocenters. The summed E-state index contributed by atoms with van der Waals surface area (Å²) in [7, 11) is 0. The molecule has 0 saturated carbocycles. The number of likely N-dealkylation sites (tertiary alicyclic amines) is 1. The molecular formula is C13H17FN2OS. The molecule has 0 spiro atoms. The first-order chi connectivity index (χ1) is 8.81. The number of rotatable bonds is 3. The van der Waals surface area contributed by atoms with E-state index < -0.39 is 5.95 Å². The van der Waals surface area contributed by atoms with E-state index in [-0.39, 0.29) is 6.10 Å². The van der Waals surface area contributed by atoms with Crippen LogP contribution in [0, 0.1) is 5.95 Å². The molecule has 3 heterocycles. The van der Waals surface area contributed by atoms with Gasteiger partial charge in [0.2, 0.25) is 11.8 Å². The molecule has 0 amide bonds. The van der Waals surface area contributed by atoms with Crippen molar-refractivity contribution in [3.8, 4) is 5.88 Å². The molecule has 1 aromatic heterocycles. The third-order valence-corrected chi connectivity index (χ3v) is 4.72. The Morgan fingerprint density at radius 1 is 1.39 bits per heavy atom. The summed E-state index contributed by atoms with van der Waals surface area (Å²) >= 11 is 2.03. The molecule has 2 aliphatic heterocycles. The highest BCUT2D eigenvalue weighted by molar-refractivity contribution is 7.99. The first-order valence-corrected chi connectivity index (χ1v) is 7.58. The van der Waals surface area contributed by atoms with Gasteiger partial charge in [0.25, 0.3) is 0 Å². The molecule has 0 bridgehead atoms. The maximum atomic E-state index is 13.0. The van der Waals surface area contributed by atoms with E-state index in [1.807, 2.05) is 11.8 Å². The van der Waals surface area contributed by atoms with Gasteiger partial charge in [0.1, 0.15) is 6.10 Å². The van der Waals surface area contributed by atoms with Crippen molar-refractivity contribution in [1.82, 2.24) is 9.88 Å². The predicted molar refractivity (Wildman–Crippen MR) is 70.5 cm³/mol. The quantitative estimate of drug-likeness (QED) is 0.785. The van der Waals surface area contributed by atoms with E-state index in [4.69, 9.17) is 4.74 Å². The third kappa shape index (κ3) is 2.78. The lowest BCUT2D eigenvalue weighted by molar-refractivity contribution is 0.177. The Hall–Kier alpha value is -0.810. The summed E-state index contributed by atoms with van der Waals surface area (Å²) in [5.74, 6) is 2.44. The van der Waals surface area contributed by atoms with Crippen LogP contribution in [0.3, 0.4) is 0 Å². The monoisotopic (exact) mass is 268 g/mol. The van der Waals surface area contributed by atoms with Gasteiger partial charge in [-0.1, -0.05) is 6.07 Å². The topological polar surface area (TPSA) is 25.4 Å². The van der Waals surface area contributed by atoms with Gasteiger partial charge in [0.15, 0.2) is 0 Å². The van der Waals surface area contributed by atoms with Crippen molar-refractivity contribution in [1.29, 1.82) is 0 Å². The zero-order chi connectivity index (χ0) is 12.4. The highest BCUT2D eigenvalue weighted by Gasteiger charge is 2.31. The largest absolute Gasteiger partial charge is 0.473 e. The van der Waals surface area contributed by atoms with E-state index in [0.29, 0.717) is 11.9 Å².